The van der Waals surface area contributed by atoms with Crippen LogP contribution in [-0.4, -0.2) is 74.8 Å². The van der Waals surface area contributed by atoms with Crippen LogP contribution < -0.4 is 15.5 Å². The zero-order chi connectivity index (χ0) is 28.8. The van der Waals surface area contributed by atoms with Gasteiger partial charge in [0.2, 0.25) is 11.8 Å². The first-order valence-electron chi connectivity index (χ1n) is 14.0. The molecule has 2 heterocycles. The minimum Gasteiger partial charge on any atom is -0.462 e. The summed E-state index contributed by atoms with van der Waals surface area (Å²) in [6.07, 6.45) is 0.461. The Labute approximate surface area is 240 Å². The van der Waals surface area contributed by atoms with Crippen LogP contribution in [0.25, 0.3) is 0 Å². The van der Waals surface area contributed by atoms with Crippen molar-refractivity contribution in [1.82, 2.24) is 10.2 Å². The van der Waals surface area contributed by atoms with E-state index in [0.717, 1.165) is 49.5 Å². The fourth-order valence-corrected chi connectivity index (χ4v) is 5.17. The lowest BCUT2D eigenvalue weighted by Crippen LogP contribution is -2.44. The number of hydrogen-bond donors (Lipinski definition) is 2. The second-order valence-corrected chi connectivity index (χ2v) is 10.1. The maximum absolute atomic E-state index is 13.3. The van der Waals surface area contributed by atoms with Gasteiger partial charge in [-0.1, -0.05) is 36.4 Å². The number of hydrogen-bond acceptors (Lipinski definition) is 7. The lowest BCUT2D eigenvalue weighted by atomic mass is 9.90. The van der Waals surface area contributed by atoms with E-state index in [4.69, 9.17) is 9.73 Å². The van der Waals surface area contributed by atoms with Gasteiger partial charge in [0.15, 0.2) is 0 Å². The van der Waals surface area contributed by atoms with Crippen LogP contribution in [0.5, 0.6) is 0 Å². The molecule has 0 saturated carbocycles. The molecule has 5 rings (SSSR count). The van der Waals surface area contributed by atoms with E-state index in [1.807, 2.05) is 54.6 Å². The van der Waals surface area contributed by atoms with Crippen molar-refractivity contribution in [3.63, 3.8) is 0 Å². The Hall–Kier alpha value is -4.34. The molecule has 1 atom stereocenters. The molecule has 0 aromatic heterocycles. The molecular formula is C32H35N5O4. The van der Waals surface area contributed by atoms with Gasteiger partial charge in [-0.2, -0.15) is 0 Å². The average Bonchev–Trinajstić information content (AvgIpc) is 3.34. The second kappa shape index (κ2) is 12.9. The van der Waals surface area contributed by atoms with E-state index in [1.165, 1.54) is 0 Å². The van der Waals surface area contributed by atoms with Crippen molar-refractivity contribution in [3.8, 4) is 0 Å². The average molecular weight is 554 g/mol. The summed E-state index contributed by atoms with van der Waals surface area (Å²) in [5.41, 5.74) is 4.57. The summed E-state index contributed by atoms with van der Waals surface area (Å²) in [7, 11) is 1.79. The number of benzene rings is 3. The van der Waals surface area contributed by atoms with Gasteiger partial charge >= 0.3 is 5.97 Å². The molecule has 0 radical (unpaired) electrons. The van der Waals surface area contributed by atoms with Crippen LogP contribution in [0.1, 0.15) is 40.7 Å². The number of rotatable bonds is 9. The topological polar surface area (TPSA) is 103 Å². The first kappa shape index (κ1) is 28.2. The van der Waals surface area contributed by atoms with E-state index < -0.39 is 11.9 Å². The van der Waals surface area contributed by atoms with Crippen molar-refractivity contribution < 1.29 is 19.1 Å². The molecule has 1 unspecified atom stereocenters. The van der Waals surface area contributed by atoms with Gasteiger partial charge in [0.25, 0.3) is 0 Å². The predicted molar refractivity (Wildman–Crippen MR) is 160 cm³/mol. The molecule has 9 nitrogen and oxygen atoms in total. The molecule has 0 bridgehead atoms. The number of anilines is 2. The molecule has 2 N–H and O–H groups in total. The molecule has 2 aliphatic rings. The highest BCUT2D eigenvalue weighted by atomic mass is 16.5. The number of nitrogens with zero attached hydrogens (tertiary/aromatic N) is 3. The number of nitrogens with one attached hydrogen (secondary N) is 2. The number of carbonyl (C=O) groups is 3. The number of ether oxygens (including phenoxy) is 1. The number of carbonyl (C=O) groups excluding carboxylic acids is 3. The molecule has 1 fully saturated rings. The van der Waals surface area contributed by atoms with Gasteiger partial charge < -0.3 is 25.2 Å². The zero-order valence-corrected chi connectivity index (χ0v) is 23.4. The van der Waals surface area contributed by atoms with Crippen LogP contribution in [0.3, 0.4) is 0 Å². The highest BCUT2D eigenvalue weighted by Gasteiger charge is 2.36. The predicted octanol–water partition coefficient (Wildman–Crippen LogP) is 3.98. The van der Waals surface area contributed by atoms with E-state index >= 15 is 0 Å². The van der Waals surface area contributed by atoms with Crippen LogP contribution in [0, 0.1) is 0 Å². The lowest BCUT2D eigenvalue weighted by Gasteiger charge is -2.27. The van der Waals surface area contributed by atoms with E-state index in [1.54, 1.807) is 37.1 Å². The smallest absolute Gasteiger partial charge is 0.338 e. The van der Waals surface area contributed by atoms with E-state index in [2.05, 4.69) is 15.5 Å². The van der Waals surface area contributed by atoms with Crippen molar-refractivity contribution in [2.24, 2.45) is 4.99 Å². The molecular weight excluding hydrogens is 518 g/mol. The number of amides is 2. The van der Waals surface area contributed by atoms with Gasteiger partial charge in [0, 0.05) is 57.6 Å². The Bertz CT molecular complexity index is 1430. The van der Waals surface area contributed by atoms with Gasteiger partial charge in [0.1, 0.15) is 5.92 Å². The molecule has 2 aliphatic heterocycles. The SMILES string of the molecule is CCOC(=O)c1ccc2c(c1)NC(=O)C2C(=Nc1ccc(N(C)C(=O)CCN2CCNCC2)cc1)c1ccccc1. The van der Waals surface area contributed by atoms with Crippen LogP contribution in [0.15, 0.2) is 77.8 Å². The number of esters is 1. The summed E-state index contributed by atoms with van der Waals surface area (Å²) in [6.45, 7) is 6.62. The summed E-state index contributed by atoms with van der Waals surface area (Å²) in [5.74, 6) is -1.24. The third-order valence-corrected chi connectivity index (χ3v) is 7.45. The lowest BCUT2D eigenvalue weighted by molar-refractivity contribution is -0.118. The Kier molecular flexibility index (Phi) is 8.86. The summed E-state index contributed by atoms with van der Waals surface area (Å²) in [5, 5.41) is 6.24. The van der Waals surface area contributed by atoms with E-state index in [9.17, 15) is 14.4 Å². The molecule has 9 heteroatoms. The first-order valence-corrected chi connectivity index (χ1v) is 14.0. The molecule has 0 spiro atoms. The molecule has 1 saturated heterocycles. The number of piperazine rings is 1. The van der Waals surface area contributed by atoms with Crippen molar-refractivity contribution in [2.45, 2.75) is 19.3 Å². The van der Waals surface area contributed by atoms with Crippen molar-refractivity contribution >= 4 is 40.6 Å². The van der Waals surface area contributed by atoms with Gasteiger partial charge in [-0.15, -0.1) is 0 Å². The van der Waals surface area contributed by atoms with Crippen LogP contribution in [0.4, 0.5) is 17.1 Å². The largest absolute Gasteiger partial charge is 0.462 e. The molecule has 3 aromatic carbocycles. The summed E-state index contributed by atoms with van der Waals surface area (Å²) in [6, 6.07) is 22.2. The van der Waals surface area contributed by atoms with Crippen LogP contribution in [0.2, 0.25) is 0 Å². The fourth-order valence-electron chi connectivity index (χ4n) is 5.17. The first-order chi connectivity index (χ1) is 19.9. The Morgan fingerprint density at radius 3 is 2.44 bits per heavy atom. The summed E-state index contributed by atoms with van der Waals surface area (Å²) >= 11 is 0. The maximum atomic E-state index is 13.3. The molecule has 41 heavy (non-hydrogen) atoms. The molecule has 212 valence electrons. The van der Waals surface area contributed by atoms with Crippen molar-refractivity contribution in [3.05, 3.63) is 89.5 Å². The van der Waals surface area contributed by atoms with Crippen molar-refractivity contribution in [1.29, 1.82) is 0 Å². The highest BCUT2D eigenvalue weighted by molar-refractivity contribution is 6.24. The van der Waals surface area contributed by atoms with E-state index in [0.29, 0.717) is 29.1 Å². The molecule has 3 aromatic rings. The Morgan fingerprint density at radius 1 is 1.00 bits per heavy atom. The van der Waals surface area contributed by atoms with Crippen LogP contribution in [-0.2, 0) is 14.3 Å². The monoisotopic (exact) mass is 553 g/mol. The quantitative estimate of drug-likeness (QED) is 0.307. The normalized spacial score (nSPS) is 17.1. The van der Waals surface area contributed by atoms with Crippen molar-refractivity contribution in [2.75, 3.05) is 56.6 Å². The zero-order valence-electron chi connectivity index (χ0n) is 23.4. The number of aliphatic imine (C=N–C) groups is 1. The van der Waals surface area contributed by atoms with Gasteiger partial charge in [-0.25, -0.2) is 4.79 Å². The minimum atomic E-state index is -0.655. The third kappa shape index (κ3) is 6.53. The van der Waals surface area contributed by atoms with Gasteiger partial charge in [0.05, 0.1) is 23.6 Å². The highest BCUT2D eigenvalue weighted by Crippen LogP contribution is 2.37. The molecule has 0 aliphatic carbocycles. The standard InChI is InChI=1S/C32H35N5O4/c1-3-41-32(40)23-9-14-26-27(21-23)35-31(39)29(26)30(22-7-5-4-6-8-22)34-24-10-12-25(13-11-24)36(2)28(38)15-18-37-19-16-33-17-20-37/h4-14,21,29,33H,3,15-20H2,1-2H3,(H,35,39). The van der Waals surface area contributed by atoms with E-state index in [-0.39, 0.29) is 18.4 Å². The van der Waals surface area contributed by atoms with Gasteiger partial charge in [-0.05, 0) is 54.4 Å². The number of fused-ring (bicyclic) bond motifs is 1. The third-order valence-electron chi connectivity index (χ3n) is 7.45. The minimum absolute atomic E-state index is 0.0613. The van der Waals surface area contributed by atoms with Gasteiger partial charge in [-0.3, -0.25) is 14.6 Å². The summed E-state index contributed by atoms with van der Waals surface area (Å²) < 4.78 is 5.12. The Morgan fingerprint density at radius 2 is 1.73 bits per heavy atom. The maximum Gasteiger partial charge on any atom is 0.338 e. The molecule has 2 amide bonds. The van der Waals surface area contributed by atoms with Crippen LogP contribution >= 0.6 is 0 Å². The Balaban J connectivity index is 1.38. The fraction of sp³-hybridized carbons (Fsp3) is 0.312. The summed E-state index contributed by atoms with van der Waals surface area (Å²) in [4.78, 5) is 47.3. The second-order valence-electron chi connectivity index (χ2n) is 10.1.